The maximum absolute atomic E-state index is 12.4. The van der Waals surface area contributed by atoms with Gasteiger partial charge in [0.1, 0.15) is 5.60 Å². The van der Waals surface area contributed by atoms with Crippen LogP contribution in [-0.4, -0.2) is 22.5 Å². The van der Waals surface area contributed by atoms with Crippen LogP contribution in [0.25, 0.3) is 10.9 Å². The third-order valence-electron chi connectivity index (χ3n) is 3.83. The highest BCUT2D eigenvalue weighted by Gasteiger charge is 2.24. The largest absolute Gasteiger partial charge is 0.384 e. The second kappa shape index (κ2) is 5.66. The normalized spacial score (nSPS) is 13.7. The molecular weight excluding hydrogens is 276 g/mol. The van der Waals surface area contributed by atoms with Crippen molar-refractivity contribution in [2.45, 2.75) is 12.5 Å². The SMILES string of the molecule is CC(O)(CNC(=O)c1cccc2[nH]ccc12)c1ccccc1. The van der Waals surface area contributed by atoms with Crippen molar-refractivity contribution in [2.75, 3.05) is 6.54 Å². The number of nitrogens with one attached hydrogen (secondary N) is 2. The number of hydrogen-bond donors (Lipinski definition) is 3. The van der Waals surface area contributed by atoms with Gasteiger partial charge in [0.05, 0.1) is 6.54 Å². The summed E-state index contributed by atoms with van der Waals surface area (Å²) in [5.74, 6) is -0.193. The molecule has 1 atom stereocenters. The molecule has 1 aromatic heterocycles. The van der Waals surface area contributed by atoms with Crippen LogP contribution in [-0.2, 0) is 5.60 Å². The van der Waals surface area contributed by atoms with Crippen LogP contribution in [0.5, 0.6) is 0 Å². The van der Waals surface area contributed by atoms with Crippen molar-refractivity contribution in [1.29, 1.82) is 0 Å². The topological polar surface area (TPSA) is 65.1 Å². The molecule has 0 fully saturated rings. The van der Waals surface area contributed by atoms with E-state index in [9.17, 15) is 9.90 Å². The lowest BCUT2D eigenvalue weighted by molar-refractivity contribution is 0.0527. The Morgan fingerprint density at radius 2 is 1.91 bits per heavy atom. The Morgan fingerprint density at radius 3 is 2.68 bits per heavy atom. The minimum atomic E-state index is -1.11. The fourth-order valence-electron chi connectivity index (χ4n) is 2.53. The molecule has 1 heterocycles. The summed E-state index contributed by atoms with van der Waals surface area (Å²) in [4.78, 5) is 15.5. The zero-order chi connectivity index (χ0) is 15.6. The van der Waals surface area contributed by atoms with Gasteiger partial charge in [-0.25, -0.2) is 0 Å². The predicted molar refractivity (Wildman–Crippen MR) is 86.6 cm³/mol. The van der Waals surface area contributed by atoms with E-state index < -0.39 is 5.60 Å². The fourth-order valence-corrected chi connectivity index (χ4v) is 2.53. The maximum Gasteiger partial charge on any atom is 0.252 e. The van der Waals surface area contributed by atoms with Crippen molar-refractivity contribution in [3.63, 3.8) is 0 Å². The second-order valence-electron chi connectivity index (χ2n) is 5.57. The number of benzene rings is 2. The molecule has 0 aliphatic carbocycles. The molecule has 0 bridgehead atoms. The van der Waals surface area contributed by atoms with Gasteiger partial charge in [0.25, 0.3) is 5.91 Å². The van der Waals surface area contributed by atoms with Gasteiger partial charge >= 0.3 is 0 Å². The zero-order valence-electron chi connectivity index (χ0n) is 12.3. The highest BCUT2D eigenvalue weighted by molar-refractivity contribution is 6.06. The van der Waals surface area contributed by atoms with E-state index in [0.717, 1.165) is 16.5 Å². The Hall–Kier alpha value is -2.59. The molecule has 0 aliphatic rings. The summed E-state index contributed by atoms with van der Waals surface area (Å²) in [6.07, 6.45) is 1.81. The Labute approximate surface area is 128 Å². The molecule has 0 saturated heterocycles. The lowest BCUT2D eigenvalue weighted by atomic mass is 9.96. The first-order valence-electron chi connectivity index (χ1n) is 7.20. The van der Waals surface area contributed by atoms with Crippen LogP contribution in [0.4, 0.5) is 0 Å². The number of carbonyl (C=O) groups excluding carboxylic acids is 1. The first kappa shape index (κ1) is 14.4. The number of amides is 1. The smallest absolute Gasteiger partial charge is 0.252 e. The standard InChI is InChI=1S/C18H18N2O2/c1-18(22,13-6-3-2-4-7-13)12-20-17(21)15-8-5-9-16-14(15)10-11-19-16/h2-11,19,22H,12H2,1H3,(H,20,21). The predicted octanol–water partition coefficient (Wildman–Crippen LogP) is 2.81. The van der Waals surface area contributed by atoms with E-state index in [2.05, 4.69) is 10.3 Å². The van der Waals surface area contributed by atoms with Crippen molar-refractivity contribution in [3.8, 4) is 0 Å². The minimum absolute atomic E-state index is 0.149. The minimum Gasteiger partial charge on any atom is -0.384 e. The van der Waals surface area contributed by atoms with Gasteiger partial charge in [0.15, 0.2) is 0 Å². The van der Waals surface area contributed by atoms with Gasteiger partial charge in [0.2, 0.25) is 0 Å². The quantitative estimate of drug-likeness (QED) is 0.693. The molecule has 1 unspecified atom stereocenters. The van der Waals surface area contributed by atoms with E-state index in [1.54, 1.807) is 13.0 Å². The maximum atomic E-state index is 12.4. The average Bonchev–Trinajstić information content (AvgIpc) is 3.02. The molecule has 3 aromatic rings. The number of aromatic nitrogens is 1. The Kier molecular flexibility index (Phi) is 3.69. The number of aliphatic hydroxyl groups is 1. The molecule has 4 nitrogen and oxygen atoms in total. The van der Waals surface area contributed by atoms with Gasteiger partial charge in [-0.3, -0.25) is 4.79 Å². The van der Waals surface area contributed by atoms with Crippen LogP contribution in [0.15, 0.2) is 60.8 Å². The third kappa shape index (κ3) is 2.73. The van der Waals surface area contributed by atoms with Gasteiger partial charge in [0, 0.05) is 22.7 Å². The summed E-state index contributed by atoms with van der Waals surface area (Å²) in [6.45, 7) is 1.84. The number of H-pyrrole nitrogens is 1. The van der Waals surface area contributed by atoms with E-state index >= 15 is 0 Å². The van der Waals surface area contributed by atoms with Gasteiger partial charge in [-0.15, -0.1) is 0 Å². The Balaban J connectivity index is 1.76. The van der Waals surface area contributed by atoms with Gasteiger partial charge in [-0.1, -0.05) is 36.4 Å². The molecule has 22 heavy (non-hydrogen) atoms. The summed E-state index contributed by atoms with van der Waals surface area (Å²) < 4.78 is 0. The summed E-state index contributed by atoms with van der Waals surface area (Å²) in [5.41, 5.74) is 1.18. The number of fused-ring (bicyclic) bond motifs is 1. The number of aromatic amines is 1. The summed E-state index contributed by atoms with van der Waals surface area (Å²) in [6, 6.07) is 16.7. The summed E-state index contributed by atoms with van der Waals surface area (Å²) in [7, 11) is 0. The Morgan fingerprint density at radius 1 is 1.14 bits per heavy atom. The third-order valence-corrected chi connectivity index (χ3v) is 3.83. The molecule has 0 saturated carbocycles. The number of carbonyl (C=O) groups is 1. The highest BCUT2D eigenvalue weighted by Crippen LogP contribution is 2.20. The first-order chi connectivity index (χ1) is 10.6. The molecule has 4 heteroatoms. The second-order valence-corrected chi connectivity index (χ2v) is 5.57. The van der Waals surface area contributed by atoms with Crippen molar-refractivity contribution >= 4 is 16.8 Å². The van der Waals surface area contributed by atoms with Crippen LogP contribution in [0.2, 0.25) is 0 Å². The lowest BCUT2D eigenvalue weighted by Gasteiger charge is -2.24. The van der Waals surface area contributed by atoms with Crippen molar-refractivity contribution < 1.29 is 9.90 Å². The monoisotopic (exact) mass is 294 g/mol. The summed E-state index contributed by atoms with van der Waals surface area (Å²) in [5, 5.41) is 14.2. The fraction of sp³-hybridized carbons (Fsp3) is 0.167. The lowest BCUT2D eigenvalue weighted by Crippen LogP contribution is -2.38. The van der Waals surface area contributed by atoms with E-state index in [0.29, 0.717) is 5.56 Å². The van der Waals surface area contributed by atoms with Crippen molar-refractivity contribution in [1.82, 2.24) is 10.3 Å². The average molecular weight is 294 g/mol. The van der Waals surface area contributed by atoms with Gasteiger partial charge < -0.3 is 15.4 Å². The van der Waals surface area contributed by atoms with Crippen LogP contribution in [0.1, 0.15) is 22.8 Å². The summed E-state index contributed by atoms with van der Waals surface area (Å²) >= 11 is 0. The number of rotatable bonds is 4. The van der Waals surface area contributed by atoms with Crippen LogP contribution < -0.4 is 5.32 Å². The molecule has 0 aliphatic heterocycles. The molecule has 2 aromatic carbocycles. The van der Waals surface area contributed by atoms with E-state index in [1.807, 2.05) is 54.7 Å². The molecule has 3 rings (SSSR count). The van der Waals surface area contributed by atoms with Crippen LogP contribution in [0, 0.1) is 0 Å². The van der Waals surface area contributed by atoms with E-state index in [-0.39, 0.29) is 12.5 Å². The molecule has 1 amide bonds. The van der Waals surface area contributed by atoms with E-state index in [1.165, 1.54) is 0 Å². The molecule has 0 radical (unpaired) electrons. The van der Waals surface area contributed by atoms with Gasteiger partial charge in [-0.2, -0.15) is 0 Å². The number of hydrogen-bond acceptors (Lipinski definition) is 2. The molecule has 0 spiro atoms. The molecule has 112 valence electrons. The van der Waals surface area contributed by atoms with Crippen molar-refractivity contribution in [3.05, 3.63) is 71.9 Å². The van der Waals surface area contributed by atoms with E-state index in [4.69, 9.17) is 0 Å². The zero-order valence-corrected chi connectivity index (χ0v) is 12.3. The van der Waals surface area contributed by atoms with Crippen molar-refractivity contribution in [2.24, 2.45) is 0 Å². The molecular formula is C18H18N2O2. The highest BCUT2D eigenvalue weighted by atomic mass is 16.3. The van der Waals surface area contributed by atoms with Crippen LogP contribution >= 0.6 is 0 Å². The molecule has 3 N–H and O–H groups in total. The van der Waals surface area contributed by atoms with Crippen LogP contribution in [0.3, 0.4) is 0 Å². The van der Waals surface area contributed by atoms with Gasteiger partial charge in [-0.05, 0) is 30.7 Å². The first-order valence-corrected chi connectivity index (χ1v) is 7.20. The Bertz CT molecular complexity index is 791.